The van der Waals surface area contributed by atoms with E-state index in [9.17, 15) is 0 Å². The van der Waals surface area contributed by atoms with Gasteiger partial charge in [0.2, 0.25) is 0 Å². The summed E-state index contributed by atoms with van der Waals surface area (Å²) < 4.78 is 0. The van der Waals surface area contributed by atoms with Gasteiger partial charge in [-0.15, -0.1) is 0 Å². The predicted molar refractivity (Wildman–Crippen MR) is 62.2 cm³/mol. The minimum absolute atomic E-state index is 0.0484. The fraction of sp³-hybridized carbons (Fsp3) is 0.583. The van der Waals surface area contributed by atoms with E-state index < -0.39 is 0 Å². The molecule has 4 heteroatoms. The van der Waals surface area contributed by atoms with Gasteiger partial charge in [-0.1, -0.05) is 0 Å². The van der Waals surface area contributed by atoms with Crippen molar-refractivity contribution in [2.45, 2.75) is 19.4 Å². The summed E-state index contributed by atoms with van der Waals surface area (Å²) >= 11 is 0. The first kappa shape index (κ1) is 11.4. The second-order valence-electron chi connectivity index (χ2n) is 4.32. The van der Waals surface area contributed by atoms with Gasteiger partial charge in [0.1, 0.15) is 5.82 Å². The van der Waals surface area contributed by atoms with Crippen LogP contribution in [-0.2, 0) is 6.61 Å². The lowest BCUT2D eigenvalue weighted by Gasteiger charge is -2.32. The maximum absolute atomic E-state index is 9.17. The van der Waals surface area contributed by atoms with E-state index in [2.05, 4.69) is 9.88 Å². The maximum Gasteiger partial charge on any atom is 0.128 e. The van der Waals surface area contributed by atoms with E-state index in [0.29, 0.717) is 5.92 Å². The lowest BCUT2D eigenvalue weighted by molar-refractivity contribution is 0.208. The topological polar surface area (TPSA) is 56.6 Å². The summed E-state index contributed by atoms with van der Waals surface area (Å²) in [6.45, 7) is 2.14. The third-order valence-corrected chi connectivity index (χ3v) is 3.09. The zero-order valence-electron chi connectivity index (χ0n) is 9.34. The van der Waals surface area contributed by atoms with Crippen molar-refractivity contribution >= 4 is 5.82 Å². The van der Waals surface area contributed by atoms with Gasteiger partial charge in [0.15, 0.2) is 0 Å². The Hall–Kier alpha value is -1.13. The number of aromatic nitrogens is 1. The van der Waals surface area contributed by atoms with Crippen LogP contribution in [0.4, 0.5) is 5.82 Å². The summed E-state index contributed by atoms with van der Waals surface area (Å²) in [4.78, 5) is 6.50. The first-order valence-corrected chi connectivity index (χ1v) is 5.75. The van der Waals surface area contributed by atoms with E-state index in [1.54, 1.807) is 6.20 Å². The second kappa shape index (κ2) is 5.27. The van der Waals surface area contributed by atoms with Gasteiger partial charge in [-0.05, 0) is 36.5 Å². The quantitative estimate of drug-likeness (QED) is 0.793. The normalized spacial score (nSPS) is 21.1. The summed E-state index contributed by atoms with van der Waals surface area (Å²) in [6, 6.07) is 3.73. The number of aliphatic hydroxyl groups is 2. The summed E-state index contributed by atoms with van der Waals surface area (Å²) in [5, 5.41) is 18.2. The highest BCUT2D eigenvalue weighted by molar-refractivity contribution is 5.41. The highest BCUT2D eigenvalue weighted by atomic mass is 16.3. The van der Waals surface area contributed by atoms with Crippen molar-refractivity contribution in [1.82, 2.24) is 4.98 Å². The van der Waals surface area contributed by atoms with Crippen LogP contribution < -0.4 is 4.90 Å². The van der Waals surface area contributed by atoms with Gasteiger partial charge in [0.25, 0.3) is 0 Å². The molecule has 0 radical (unpaired) electrons. The van der Waals surface area contributed by atoms with Gasteiger partial charge < -0.3 is 15.1 Å². The van der Waals surface area contributed by atoms with Gasteiger partial charge in [0, 0.05) is 25.9 Å². The molecule has 0 aliphatic carbocycles. The van der Waals surface area contributed by atoms with Gasteiger partial charge in [-0.25, -0.2) is 4.98 Å². The standard InChI is InChI=1S/C12H18N2O2/c15-8-10-3-4-13-12(6-10)14-5-1-2-11(7-14)9-16/h3-4,6,11,15-16H,1-2,5,7-9H2. The molecule has 1 aromatic heterocycles. The molecular formula is C12H18N2O2. The Balaban J connectivity index is 2.10. The number of hydrogen-bond acceptors (Lipinski definition) is 4. The van der Waals surface area contributed by atoms with Crippen LogP contribution in [0.3, 0.4) is 0 Å². The average Bonchev–Trinajstić information content (AvgIpc) is 2.39. The molecule has 0 saturated carbocycles. The Kier molecular flexibility index (Phi) is 3.74. The number of nitrogens with zero attached hydrogens (tertiary/aromatic N) is 2. The largest absolute Gasteiger partial charge is 0.396 e. The summed E-state index contributed by atoms with van der Waals surface area (Å²) in [7, 11) is 0. The van der Waals surface area contributed by atoms with E-state index in [0.717, 1.165) is 37.3 Å². The Morgan fingerprint density at radius 1 is 1.44 bits per heavy atom. The highest BCUT2D eigenvalue weighted by Gasteiger charge is 2.20. The number of rotatable bonds is 3. The van der Waals surface area contributed by atoms with Crippen LogP contribution in [0.1, 0.15) is 18.4 Å². The van der Waals surface area contributed by atoms with Crippen molar-refractivity contribution in [3.8, 4) is 0 Å². The molecule has 1 unspecified atom stereocenters. The van der Waals surface area contributed by atoms with E-state index in [1.807, 2.05) is 12.1 Å². The lowest BCUT2D eigenvalue weighted by atomic mass is 9.99. The third-order valence-electron chi connectivity index (χ3n) is 3.09. The average molecular weight is 222 g/mol. The van der Waals surface area contributed by atoms with E-state index in [-0.39, 0.29) is 13.2 Å². The molecule has 1 aromatic rings. The van der Waals surface area contributed by atoms with E-state index in [4.69, 9.17) is 10.2 Å². The number of piperidine rings is 1. The molecule has 1 fully saturated rings. The molecule has 88 valence electrons. The molecule has 4 nitrogen and oxygen atoms in total. The number of anilines is 1. The van der Waals surface area contributed by atoms with Crippen LogP contribution in [-0.4, -0.2) is 34.9 Å². The molecule has 0 aromatic carbocycles. The van der Waals surface area contributed by atoms with Crippen molar-refractivity contribution in [1.29, 1.82) is 0 Å². The molecule has 0 bridgehead atoms. The van der Waals surface area contributed by atoms with Crippen molar-refractivity contribution in [2.75, 3.05) is 24.6 Å². The van der Waals surface area contributed by atoms with Crippen LogP contribution in [0, 0.1) is 5.92 Å². The molecular weight excluding hydrogens is 204 g/mol. The maximum atomic E-state index is 9.17. The molecule has 1 saturated heterocycles. The molecule has 1 aliphatic heterocycles. The molecule has 2 N–H and O–H groups in total. The number of pyridine rings is 1. The third kappa shape index (κ3) is 2.51. The van der Waals surface area contributed by atoms with Gasteiger partial charge in [-0.2, -0.15) is 0 Å². The van der Waals surface area contributed by atoms with Crippen LogP contribution in [0.25, 0.3) is 0 Å². The molecule has 2 heterocycles. The Morgan fingerprint density at radius 2 is 2.31 bits per heavy atom. The SMILES string of the molecule is OCc1ccnc(N2CCCC(CO)C2)c1. The van der Waals surface area contributed by atoms with E-state index >= 15 is 0 Å². The van der Waals surface area contributed by atoms with E-state index in [1.165, 1.54) is 0 Å². The van der Waals surface area contributed by atoms with Gasteiger partial charge in [-0.3, -0.25) is 0 Å². The molecule has 0 spiro atoms. The summed E-state index contributed by atoms with van der Waals surface area (Å²) in [5.41, 5.74) is 0.885. The molecule has 16 heavy (non-hydrogen) atoms. The lowest BCUT2D eigenvalue weighted by Crippen LogP contribution is -2.37. The zero-order chi connectivity index (χ0) is 11.4. The molecule has 2 rings (SSSR count). The Labute approximate surface area is 95.5 Å². The van der Waals surface area contributed by atoms with Crippen molar-refractivity contribution < 1.29 is 10.2 Å². The second-order valence-corrected chi connectivity index (χ2v) is 4.32. The number of aliphatic hydroxyl groups excluding tert-OH is 2. The first-order chi connectivity index (χ1) is 7.83. The molecule has 1 aliphatic rings. The first-order valence-electron chi connectivity index (χ1n) is 5.75. The monoisotopic (exact) mass is 222 g/mol. The van der Waals surface area contributed by atoms with Crippen LogP contribution in [0.2, 0.25) is 0 Å². The number of hydrogen-bond donors (Lipinski definition) is 2. The van der Waals surface area contributed by atoms with Gasteiger partial charge in [0.05, 0.1) is 6.61 Å². The fourth-order valence-corrected chi connectivity index (χ4v) is 2.15. The zero-order valence-corrected chi connectivity index (χ0v) is 9.34. The van der Waals surface area contributed by atoms with Crippen LogP contribution in [0.5, 0.6) is 0 Å². The van der Waals surface area contributed by atoms with Crippen molar-refractivity contribution in [2.24, 2.45) is 5.92 Å². The minimum atomic E-state index is 0.0484. The summed E-state index contributed by atoms with van der Waals surface area (Å²) in [6.07, 6.45) is 3.91. The molecule has 1 atom stereocenters. The predicted octanol–water partition coefficient (Wildman–Crippen LogP) is 0.783. The van der Waals surface area contributed by atoms with Gasteiger partial charge >= 0.3 is 0 Å². The van der Waals surface area contributed by atoms with Crippen molar-refractivity contribution in [3.05, 3.63) is 23.9 Å². The van der Waals surface area contributed by atoms with Crippen LogP contribution >= 0.6 is 0 Å². The Bertz CT molecular complexity index is 344. The van der Waals surface area contributed by atoms with Crippen molar-refractivity contribution in [3.63, 3.8) is 0 Å². The fourth-order valence-electron chi connectivity index (χ4n) is 2.15. The smallest absolute Gasteiger partial charge is 0.128 e. The highest BCUT2D eigenvalue weighted by Crippen LogP contribution is 2.21. The molecule has 0 amide bonds. The minimum Gasteiger partial charge on any atom is -0.396 e. The Morgan fingerprint density at radius 3 is 3.06 bits per heavy atom. The summed E-state index contributed by atoms with van der Waals surface area (Å²) in [5.74, 6) is 1.26. The van der Waals surface area contributed by atoms with Crippen LogP contribution in [0.15, 0.2) is 18.3 Å².